The van der Waals surface area contributed by atoms with Crippen LogP contribution in [0.2, 0.25) is 0 Å². The highest BCUT2D eigenvalue weighted by atomic mass is 79.9. The maximum absolute atomic E-state index is 11.8. The van der Waals surface area contributed by atoms with Crippen LogP contribution in [0.15, 0.2) is 21.1 Å². The van der Waals surface area contributed by atoms with Crippen LogP contribution in [-0.2, 0) is 10.2 Å². The van der Waals surface area contributed by atoms with Gasteiger partial charge in [-0.05, 0) is 41.9 Å². The van der Waals surface area contributed by atoms with Crippen LogP contribution in [0.4, 0.5) is 5.69 Å². The molecule has 0 fully saturated rings. The molecule has 9 heteroatoms. The second-order valence-electron chi connectivity index (χ2n) is 3.99. The predicted octanol–water partition coefficient (Wildman–Crippen LogP) is 2.56. The van der Waals surface area contributed by atoms with E-state index in [1.165, 1.54) is 6.07 Å². The average Bonchev–Trinajstić information content (AvgIpc) is 2.19. The molecule has 0 aliphatic heterocycles. The highest BCUT2D eigenvalue weighted by Crippen LogP contribution is 2.31. The molecule has 0 bridgehead atoms. The van der Waals surface area contributed by atoms with E-state index < -0.39 is 16.2 Å². The van der Waals surface area contributed by atoms with Crippen LogP contribution in [0.25, 0.3) is 0 Å². The summed E-state index contributed by atoms with van der Waals surface area (Å²) in [6.45, 7) is 3.32. The lowest BCUT2D eigenvalue weighted by Crippen LogP contribution is -2.35. The molecule has 0 aliphatic carbocycles. The Morgan fingerprint density at radius 3 is 2.37 bits per heavy atom. The molecule has 106 valence electrons. The average molecular weight is 416 g/mol. The van der Waals surface area contributed by atoms with Crippen molar-refractivity contribution in [2.75, 3.05) is 4.72 Å². The van der Waals surface area contributed by atoms with Gasteiger partial charge in [0.05, 0.1) is 11.3 Å². The zero-order chi connectivity index (χ0) is 14.8. The quantitative estimate of drug-likeness (QED) is 0.688. The van der Waals surface area contributed by atoms with Gasteiger partial charge in [-0.1, -0.05) is 15.9 Å². The van der Waals surface area contributed by atoms with Gasteiger partial charge in [-0.3, -0.25) is 4.72 Å². The molecule has 1 aromatic carbocycles. The SMILES string of the molecule is CC(C)NS(=O)(=O)Nc1c(Br)cc(Br)cc1C(=O)O. The van der Waals surface area contributed by atoms with E-state index in [4.69, 9.17) is 5.11 Å². The zero-order valence-electron chi connectivity index (χ0n) is 10.1. The van der Waals surface area contributed by atoms with Crippen molar-refractivity contribution < 1.29 is 18.3 Å². The summed E-state index contributed by atoms with van der Waals surface area (Å²) in [7, 11) is -3.83. The van der Waals surface area contributed by atoms with E-state index in [1.807, 2.05) is 0 Å². The Balaban J connectivity index is 3.24. The molecule has 0 heterocycles. The van der Waals surface area contributed by atoms with Crippen LogP contribution in [0.3, 0.4) is 0 Å². The standard InChI is InChI=1S/C10H12Br2N2O4S/c1-5(2)13-19(17,18)14-9-7(10(15)16)3-6(11)4-8(9)12/h3-5,13-14H,1-2H3,(H,15,16). The van der Waals surface area contributed by atoms with Gasteiger partial charge in [0.25, 0.3) is 10.2 Å². The number of carboxylic acids is 1. The van der Waals surface area contributed by atoms with E-state index >= 15 is 0 Å². The van der Waals surface area contributed by atoms with Crippen LogP contribution in [0.1, 0.15) is 24.2 Å². The molecule has 6 nitrogen and oxygen atoms in total. The fraction of sp³-hybridized carbons (Fsp3) is 0.300. The van der Waals surface area contributed by atoms with Crippen LogP contribution in [-0.4, -0.2) is 25.5 Å². The predicted molar refractivity (Wildman–Crippen MR) is 79.6 cm³/mol. The first-order valence-corrected chi connectivity index (χ1v) is 8.21. The second kappa shape index (κ2) is 6.21. The Hall–Kier alpha value is -0.640. The maximum atomic E-state index is 11.8. The Morgan fingerprint density at radius 2 is 1.89 bits per heavy atom. The van der Waals surface area contributed by atoms with E-state index in [0.29, 0.717) is 8.95 Å². The molecule has 0 amide bonds. The molecule has 0 spiro atoms. The minimum absolute atomic E-state index is 0.0242. The van der Waals surface area contributed by atoms with E-state index in [2.05, 4.69) is 41.3 Å². The number of carboxylic acid groups (broad SMARTS) is 1. The highest BCUT2D eigenvalue weighted by molar-refractivity contribution is 9.11. The first-order valence-electron chi connectivity index (χ1n) is 5.15. The number of hydrogen-bond acceptors (Lipinski definition) is 3. The summed E-state index contributed by atoms with van der Waals surface area (Å²) in [5.74, 6) is -1.23. The minimum atomic E-state index is -3.83. The van der Waals surface area contributed by atoms with Gasteiger partial charge in [-0.2, -0.15) is 13.1 Å². The Kier molecular flexibility index (Phi) is 5.36. The topological polar surface area (TPSA) is 95.5 Å². The lowest BCUT2D eigenvalue weighted by Gasteiger charge is -2.15. The van der Waals surface area contributed by atoms with E-state index in [0.717, 1.165) is 0 Å². The number of rotatable bonds is 5. The molecule has 0 aromatic heterocycles. The summed E-state index contributed by atoms with van der Waals surface area (Å²) in [5, 5.41) is 9.10. The summed E-state index contributed by atoms with van der Waals surface area (Å²) in [6, 6.07) is 2.57. The summed E-state index contributed by atoms with van der Waals surface area (Å²) < 4.78 is 28.9. The Morgan fingerprint density at radius 1 is 1.32 bits per heavy atom. The van der Waals surface area contributed by atoms with Gasteiger partial charge in [-0.15, -0.1) is 0 Å². The van der Waals surface area contributed by atoms with E-state index in [1.54, 1.807) is 19.9 Å². The summed E-state index contributed by atoms with van der Waals surface area (Å²) in [5.41, 5.74) is -0.181. The third kappa shape index (κ3) is 4.75. The Labute approximate surface area is 128 Å². The normalized spacial score (nSPS) is 11.6. The van der Waals surface area contributed by atoms with Gasteiger partial charge in [0.15, 0.2) is 0 Å². The second-order valence-corrected chi connectivity index (χ2v) is 7.21. The molecule has 0 aliphatic rings. The van der Waals surface area contributed by atoms with Gasteiger partial charge in [0.2, 0.25) is 0 Å². The van der Waals surface area contributed by atoms with Gasteiger partial charge in [0, 0.05) is 15.0 Å². The summed E-state index contributed by atoms with van der Waals surface area (Å²) in [6.07, 6.45) is 0. The summed E-state index contributed by atoms with van der Waals surface area (Å²) in [4.78, 5) is 11.1. The lowest BCUT2D eigenvalue weighted by molar-refractivity contribution is 0.0698. The zero-order valence-corrected chi connectivity index (χ0v) is 14.1. The molecule has 0 saturated heterocycles. The number of nitrogens with one attached hydrogen (secondary N) is 2. The van der Waals surface area contributed by atoms with Crippen molar-refractivity contribution in [2.45, 2.75) is 19.9 Å². The van der Waals surface area contributed by atoms with Crippen molar-refractivity contribution in [2.24, 2.45) is 0 Å². The number of hydrogen-bond donors (Lipinski definition) is 3. The Bertz CT molecular complexity index is 602. The monoisotopic (exact) mass is 414 g/mol. The van der Waals surface area contributed by atoms with Crippen molar-refractivity contribution >= 4 is 53.7 Å². The van der Waals surface area contributed by atoms with Crippen molar-refractivity contribution in [3.8, 4) is 0 Å². The minimum Gasteiger partial charge on any atom is -0.478 e. The number of carbonyl (C=O) groups is 1. The van der Waals surface area contributed by atoms with Crippen LogP contribution < -0.4 is 9.44 Å². The van der Waals surface area contributed by atoms with Gasteiger partial charge in [-0.25, -0.2) is 4.79 Å². The number of aromatic carboxylic acids is 1. The maximum Gasteiger partial charge on any atom is 0.337 e. The van der Waals surface area contributed by atoms with Crippen LogP contribution >= 0.6 is 31.9 Å². The largest absolute Gasteiger partial charge is 0.478 e. The fourth-order valence-electron chi connectivity index (χ4n) is 1.32. The number of halogens is 2. The van der Waals surface area contributed by atoms with Crippen molar-refractivity contribution in [1.82, 2.24) is 4.72 Å². The molecular weight excluding hydrogens is 404 g/mol. The fourth-order valence-corrected chi connectivity index (χ4v) is 3.94. The van der Waals surface area contributed by atoms with Crippen LogP contribution in [0.5, 0.6) is 0 Å². The van der Waals surface area contributed by atoms with E-state index in [-0.39, 0.29) is 17.3 Å². The molecule has 0 atom stereocenters. The van der Waals surface area contributed by atoms with Crippen molar-refractivity contribution in [1.29, 1.82) is 0 Å². The molecule has 19 heavy (non-hydrogen) atoms. The van der Waals surface area contributed by atoms with E-state index in [9.17, 15) is 13.2 Å². The molecular formula is C10H12Br2N2O4S. The van der Waals surface area contributed by atoms with Gasteiger partial charge >= 0.3 is 5.97 Å². The van der Waals surface area contributed by atoms with Crippen LogP contribution in [0, 0.1) is 0 Å². The third-order valence-corrected chi connectivity index (χ3v) is 4.25. The molecule has 0 radical (unpaired) electrons. The molecule has 1 aromatic rings. The molecule has 3 N–H and O–H groups in total. The molecule has 0 saturated carbocycles. The first kappa shape index (κ1) is 16.4. The molecule has 1 rings (SSSR count). The highest BCUT2D eigenvalue weighted by Gasteiger charge is 2.20. The third-order valence-electron chi connectivity index (χ3n) is 1.91. The van der Waals surface area contributed by atoms with Gasteiger partial charge in [0.1, 0.15) is 0 Å². The van der Waals surface area contributed by atoms with Crippen molar-refractivity contribution in [3.05, 3.63) is 26.6 Å². The molecule has 0 unspecified atom stereocenters. The van der Waals surface area contributed by atoms with Gasteiger partial charge < -0.3 is 5.11 Å². The first-order chi connectivity index (χ1) is 8.62. The summed E-state index contributed by atoms with van der Waals surface area (Å²) >= 11 is 6.29. The smallest absolute Gasteiger partial charge is 0.337 e. The lowest BCUT2D eigenvalue weighted by atomic mass is 10.2. The number of anilines is 1. The number of benzene rings is 1. The van der Waals surface area contributed by atoms with Crippen molar-refractivity contribution in [3.63, 3.8) is 0 Å².